The van der Waals surface area contributed by atoms with Crippen LogP contribution in [0.5, 0.6) is 0 Å². The lowest BCUT2D eigenvalue weighted by Crippen LogP contribution is -2.17. The fourth-order valence-corrected chi connectivity index (χ4v) is 2.14. The summed E-state index contributed by atoms with van der Waals surface area (Å²) in [5.41, 5.74) is 7.90. The predicted octanol–water partition coefficient (Wildman–Crippen LogP) is 2.54. The number of hydrogen-bond acceptors (Lipinski definition) is 4. The van der Waals surface area contributed by atoms with Crippen molar-refractivity contribution in [2.24, 2.45) is 5.73 Å². The maximum absolute atomic E-state index is 5.84. The Morgan fingerprint density at radius 1 is 1.10 bits per heavy atom. The highest BCUT2D eigenvalue weighted by molar-refractivity contribution is 5.33. The van der Waals surface area contributed by atoms with Gasteiger partial charge >= 0.3 is 0 Å². The van der Waals surface area contributed by atoms with Crippen molar-refractivity contribution >= 4 is 0 Å². The second-order valence-electron chi connectivity index (χ2n) is 6.24. The van der Waals surface area contributed by atoms with Crippen LogP contribution in [0, 0.1) is 0 Å². The first-order valence-corrected chi connectivity index (χ1v) is 7.55. The van der Waals surface area contributed by atoms with Crippen molar-refractivity contribution in [1.29, 1.82) is 0 Å². The highest BCUT2D eigenvalue weighted by atomic mass is 15.4. The average Bonchev–Trinajstić information content (AvgIpc) is 2.89. The molecule has 2 rings (SSSR count). The molecule has 0 bridgehead atoms. The molecule has 0 aliphatic heterocycles. The summed E-state index contributed by atoms with van der Waals surface area (Å²) in [5, 5.41) is 4.57. The fourth-order valence-electron chi connectivity index (χ4n) is 2.14. The van der Waals surface area contributed by atoms with E-state index in [1.165, 1.54) is 0 Å². The van der Waals surface area contributed by atoms with E-state index >= 15 is 0 Å². The molecule has 0 saturated heterocycles. The van der Waals surface area contributed by atoms with Crippen LogP contribution in [0.3, 0.4) is 0 Å². The smallest absolute Gasteiger partial charge is 0.156 e. The molecule has 21 heavy (non-hydrogen) atoms. The Morgan fingerprint density at radius 2 is 1.81 bits per heavy atom. The molecule has 0 radical (unpaired) electrons. The Hall–Kier alpha value is -1.75. The minimum absolute atomic E-state index is 0.0273. The van der Waals surface area contributed by atoms with E-state index in [0.717, 1.165) is 41.6 Å². The van der Waals surface area contributed by atoms with Crippen LogP contribution >= 0.6 is 0 Å². The van der Waals surface area contributed by atoms with Crippen LogP contribution in [0.4, 0.5) is 0 Å². The number of nitrogens with two attached hydrogens (primary N) is 1. The minimum atomic E-state index is -0.0273. The van der Waals surface area contributed by atoms with Gasteiger partial charge in [-0.25, -0.2) is 9.97 Å². The van der Waals surface area contributed by atoms with Crippen molar-refractivity contribution < 1.29 is 0 Å². The molecule has 114 valence electrons. The highest BCUT2D eigenvalue weighted by Gasteiger charge is 2.19. The molecule has 0 spiro atoms. The van der Waals surface area contributed by atoms with E-state index in [2.05, 4.69) is 50.8 Å². The second-order valence-corrected chi connectivity index (χ2v) is 6.24. The second kappa shape index (κ2) is 5.93. The van der Waals surface area contributed by atoms with E-state index in [-0.39, 0.29) is 5.41 Å². The van der Waals surface area contributed by atoms with E-state index in [1.54, 1.807) is 0 Å². The van der Waals surface area contributed by atoms with Crippen molar-refractivity contribution in [3.63, 3.8) is 0 Å². The number of aryl methyl sites for hydroxylation is 2. The van der Waals surface area contributed by atoms with Crippen molar-refractivity contribution in [1.82, 2.24) is 19.7 Å². The fraction of sp³-hybridized carbons (Fsp3) is 0.562. The lowest BCUT2D eigenvalue weighted by Gasteiger charge is -2.20. The van der Waals surface area contributed by atoms with E-state index in [1.807, 2.05) is 10.7 Å². The number of nitrogens with zero attached hydrogens (tertiary/aromatic N) is 4. The summed E-state index contributed by atoms with van der Waals surface area (Å²) in [6, 6.07) is 4.08. The first-order valence-electron chi connectivity index (χ1n) is 7.55. The molecule has 0 aromatic carbocycles. The van der Waals surface area contributed by atoms with Gasteiger partial charge in [0.05, 0.1) is 0 Å². The summed E-state index contributed by atoms with van der Waals surface area (Å²) in [4.78, 5) is 9.34. The molecule has 2 heterocycles. The van der Waals surface area contributed by atoms with Crippen LogP contribution < -0.4 is 5.73 Å². The van der Waals surface area contributed by atoms with Gasteiger partial charge in [-0.2, -0.15) is 4.68 Å². The van der Waals surface area contributed by atoms with Gasteiger partial charge in [-0.3, -0.25) is 0 Å². The van der Waals surface area contributed by atoms with E-state index in [0.29, 0.717) is 6.54 Å². The summed E-state index contributed by atoms with van der Waals surface area (Å²) < 4.78 is 1.85. The van der Waals surface area contributed by atoms with Gasteiger partial charge in [0.15, 0.2) is 11.6 Å². The lowest BCUT2D eigenvalue weighted by atomic mass is 9.91. The summed E-state index contributed by atoms with van der Waals surface area (Å²) in [6.45, 7) is 11.1. The van der Waals surface area contributed by atoms with Gasteiger partial charge in [-0.05, 0) is 17.7 Å². The molecule has 2 aromatic rings. The topological polar surface area (TPSA) is 69.6 Å². The average molecular weight is 287 g/mol. The Bertz CT molecular complexity index is 622. The van der Waals surface area contributed by atoms with Crippen LogP contribution in [-0.4, -0.2) is 19.7 Å². The van der Waals surface area contributed by atoms with Crippen LogP contribution in [0.25, 0.3) is 5.82 Å². The van der Waals surface area contributed by atoms with Gasteiger partial charge in [-0.1, -0.05) is 34.6 Å². The first kappa shape index (κ1) is 15.6. The molecule has 0 unspecified atom stereocenters. The van der Waals surface area contributed by atoms with Crippen LogP contribution in [0.2, 0.25) is 0 Å². The molecule has 0 aliphatic rings. The lowest BCUT2D eigenvalue weighted by molar-refractivity contribution is 0.563. The Kier molecular flexibility index (Phi) is 4.42. The third-order valence-corrected chi connectivity index (χ3v) is 3.44. The molecule has 0 aliphatic carbocycles. The zero-order valence-electron chi connectivity index (χ0n) is 13.6. The molecule has 2 N–H and O–H groups in total. The van der Waals surface area contributed by atoms with Crippen molar-refractivity contribution in [2.45, 2.75) is 59.4 Å². The summed E-state index contributed by atoms with van der Waals surface area (Å²) >= 11 is 0. The maximum Gasteiger partial charge on any atom is 0.156 e. The Balaban J connectivity index is 2.60. The number of pyridine rings is 1. The Labute approximate surface area is 126 Å². The van der Waals surface area contributed by atoms with E-state index in [4.69, 9.17) is 10.7 Å². The normalized spacial score (nSPS) is 11.9. The van der Waals surface area contributed by atoms with Gasteiger partial charge < -0.3 is 5.73 Å². The summed E-state index contributed by atoms with van der Waals surface area (Å²) in [6.07, 6.45) is 1.65. The zero-order valence-corrected chi connectivity index (χ0v) is 13.6. The third kappa shape index (κ3) is 3.29. The molecule has 5 nitrogen and oxygen atoms in total. The van der Waals surface area contributed by atoms with Gasteiger partial charge in [0.1, 0.15) is 5.82 Å². The molecular weight excluding hydrogens is 262 g/mol. The van der Waals surface area contributed by atoms with E-state index in [9.17, 15) is 0 Å². The van der Waals surface area contributed by atoms with Crippen LogP contribution in [0.1, 0.15) is 57.5 Å². The zero-order chi connectivity index (χ0) is 15.6. The molecule has 0 saturated carbocycles. The number of aromatic nitrogens is 4. The molecule has 2 aromatic heterocycles. The van der Waals surface area contributed by atoms with Gasteiger partial charge in [0.25, 0.3) is 0 Å². The predicted molar refractivity (Wildman–Crippen MR) is 84.5 cm³/mol. The summed E-state index contributed by atoms with van der Waals surface area (Å²) in [5.74, 6) is 2.60. The maximum atomic E-state index is 5.84. The van der Waals surface area contributed by atoms with Crippen molar-refractivity contribution in [2.75, 3.05) is 0 Å². The number of hydrogen-bond donors (Lipinski definition) is 1. The Morgan fingerprint density at radius 3 is 2.33 bits per heavy atom. The summed E-state index contributed by atoms with van der Waals surface area (Å²) in [7, 11) is 0. The first-order chi connectivity index (χ1) is 9.88. The molecule has 0 amide bonds. The molecular formula is C16H25N5. The van der Waals surface area contributed by atoms with Gasteiger partial charge in [0, 0.05) is 30.5 Å². The van der Waals surface area contributed by atoms with Crippen molar-refractivity contribution in [3.8, 4) is 5.82 Å². The quantitative estimate of drug-likeness (QED) is 0.938. The molecule has 0 atom stereocenters. The van der Waals surface area contributed by atoms with Crippen LogP contribution in [-0.2, 0) is 24.8 Å². The van der Waals surface area contributed by atoms with Crippen molar-refractivity contribution in [3.05, 3.63) is 35.0 Å². The molecule has 0 fully saturated rings. The number of rotatable bonds is 4. The monoisotopic (exact) mass is 287 g/mol. The standard InChI is InChI=1S/C16H25N5/c1-6-13-19-14(7-2)21(20-13)15-9-11(10-17)8-12(18-15)16(3,4)5/h8-9H,6-7,10,17H2,1-5H3. The molecule has 5 heteroatoms. The third-order valence-electron chi connectivity index (χ3n) is 3.44. The van der Waals surface area contributed by atoms with Gasteiger partial charge in [-0.15, -0.1) is 5.10 Å². The van der Waals surface area contributed by atoms with Gasteiger partial charge in [0.2, 0.25) is 0 Å². The minimum Gasteiger partial charge on any atom is -0.326 e. The largest absolute Gasteiger partial charge is 0.326 e. The highest BCUT2D eigenvalue weighted by Crippen LogP contribution is 2.23. The van der Waals surface area contributed by atoms with Crippen LogP contribution in [0.15, 0.2) is 12.1 Å². The SMILES string of the molecule is CCc1nc(CC)n(-c2cc(CN)cc(C(C)(C)C)n2)n1. The van der Waals surface area contributed by atoms with E-state index < -0.39 is 0 Å².